The number of unbranched alkanes of at least 4 members (excludes halogenated alkanes) is 11. The first-order valence-corrected chi connectivity index (χ1v) is 22.6. The lowest BCUT2D eigenvalue weighted by Crippen LogP contribution is -2.69. The number of hydrogen-bond donors (Lipinski definition) is 2. The molecule has 1 saturated carbocycles. The molecule has 2 aliphatic carbocycles. The van der Waals surface area contributed by atoms with Gasteiger partial charge in [-0.05, 0) is 79.8 Å². The van der Waals surface area contributed by atoms with Crippen molar-refractivity contribution in [3.63, 3.8) is 0 Å². The van der Waals surface area contributed by atoms with Gasteiger partial charge in [-0.3, -0.25) is 4.79 Å². The molecular weight excluding hydrogens is 761 g/mol. The van der Waals surface area contributed by atoms with E-state index in [0.717, 1.165) is 68.1 Å². The molecule has 11 heteroatoms. The number of carbonyl (C=O) groups is 2. The van der Waals surface area contributed by atoms with Crippen molar-refractivity contribution in [3.8, 4) is 17.2 Å². The van der Waals surface area contributed by atoms with Crippen molar-refractivity contribution < 1.29 is 43.6 Å². The van der Waals surface area contributed by atoms with Crippen LogP contribution in [0.4, 0.5) is 4.79 Å². The Labute approximate surface area is 358 Å². The molecule has 0 aromatic heterocycles. The summed E-state index contributed by atoms with van der Waals surface area (Å²) in [6.07, 6.45) is 21.2. The summed E-state index contributed by atoms with van der Waals surface area (Å²) in [5, 5.41) is 24.3. The van der Waals surface area contributed by atoms with Crippen molar-refractivity contribution in [2.45, 2.75) is 134 Å². The molecule has 5 rings (SSSR count). The number of nitrogens with zero attached hydrogens (tertiary/aromatic N) is 2. The number of fused-ring (bicyclic) bond motifs is 2. The Morgan fingerprint density at radius 2 is 1.63 bits per heavy atom. The highest BCUT2D eigenvalue weighted by molar-refractivity contribution is 6.02. The van der Waals surface area contributed by atoms with Crippen LogP contribution in [0.5, 0.6) is 17.2 Å². The number of carbonyl (C=O) groups excluding carboxylic acids is 2. The molecule has 0 spiro atoms. The zero-order chi connectivity index (χ0) is 42.7. The molecule has 11 nitrogen and oxygen atoms in total. The maximum Gasteiger partial charge on any atom is 0.409 e. The number of rotatable bonds is 27. The van der Waals surface area contributed by atoms with Crippen LogP contribution < -0.4 is 9.47 Å². The predicted molar refractivity (Wildman–Crippen MR) is 235 cm³/mol. The normalized spacial score (nSPS) is 23.4. The first kappa shape index (κ1) is 46.9. The molecule has 330 valence electrons. The SMILES string of the molecule is C=CCOC12Oc3ccc(Oc4cccc(C=O)c4)cc3C3C(CCCCO)C(CCCCO)C=C(C(=NOC)CC1N(C)C(=O)OCCCCCCCCCCCC)C32. The Balaban J connectivity index is 1.51. The average molecular weight is 831 g/mol. The second-order valence-corrected chi connectivity index (χ2v) is 16.7. The summed E-state index contributed by atoms with van der Waals surface area (Å²) in [5.74, 6) is -0.0567. The Bertz CT molecular complexity index is 1730. The van der Waals surface area contributed by atoms with Gasteiger partial charge in [0.15, 0.2) is 0 Å². The van der Waals surface area contributed by atoms with E-state index in [4.69, 9.17) is 23.8 Å². The Morgan fingerprint density at radius 1 is 0.933 bits per heavy atom. The summed E-state index contributed by atoms with van der Waals surface area (Å²) in [6, 6.07) is 12.2. The molecule has 0 saturated heterocycles. The summed E-state index contributed by atoms with van der Waals surface area (Å²) in [7, 11) is 3.29. The lowest BCUT2D eigenvalue weighted by atomic mass is 9.55. The zero-order valence-electron chi connectivity index (χ0n) is 36.4. The molecule has 6 unspecified atom stereocenters. The highest BCUT2D eigenvalue weighted by Crippen LogP contribution is 2.62. The van der Waals surface area contributed by atoms with Crippen LogP contribution in [0, 0.1) is 17.8 Å². The van der Waals surface area contributed by atoms with E-state index in [0.29, 0.717) is 48.7 Å². The molecule has 2 aromatic rings. The van der Waals surface area contributed by atoms with Gasteiger partial charge in [0.05, 0.1) is 24.8 Å². The zero-order valence-corrected chi connectivity index (χ0v) is 36.4. The van der Waals surface area contributed by atoms with Crippen molar-refractivity contribution in [1.29, 1.82) is 0 Å². The molecule has 0 bridgehead atoms. The first-order chi connectivity index (χ1) is 29.3. The molecule has 6 atom stereocenters. The van der Waals surface area contributed by atoms with Crippen molar-refractivity contribution in [2.75, 3.05) is 40.6 Å². The van der Waals surface area contributed by atoms with Crippen LogP contribution in [0.2, 0.25) is 0 Å². The highest BCUT2D eigenvalue weighted by Gasteiger charge is 2.65. The van der Waals surface area contributed by atoms with Crippen LogP contribution in [-0.4, -0.2) is 85.6 Å². The number of likely N-dealkylation sites (N-methyl/N-ethyl adjacent to an activating group) is 1. The van der Waals surface area contributed by atoms with E-state index in [2.05, 4.69) is 24.7 Å². The third-order valence-corrected chi connectivity index (χ3v) is 12.6. The van der Waals surface area contributed by atoms with Gasteiger partial charge in [0.2, 0.25) is 5.79 Å². The van der Waals surface area contributed by atoms with Gasteiger partial charge in [-0.1, -0.05) is 107 Å². The van der Waals surface area contributed by atoms with Gasteiger partial charge in [-0.2, -0.15) is 0 Å². The van der Waals surface area contributed by atoms with Gasteiger partial charge >= 0.3 is 6.09 Å². The lowest BCUT2D eigenvalue weighted by molar-refractivity contribution is -0.253. The number of allylic oxidation sites excluding steroid dienone is 1. The van der Waals surface area contributed by atoms with Crippen LogP contribution >= 0.6 is 0 Å². The minimum atomic E-state index is -1.36. The molecule has 1 fully saturated rings. The minimum absolute atomic E-state index is 0.0723. The second kappa shape index (κ2) is 24.3. The lowest BCUT2D eigenvalue weighted by Gasteiger charge is -2.59. The average Bonchev–Trinajstić information content (AvgIpc) is 3.26. The van der Waals surface area contributed by atoms with E-state index in [-0.39, 0.29) is 37.6 Å². The predicted octanol–water partition coefficient (Wildman–Crippen LogP) is 10.5. The fourth-order valence-electron chi connectivity index (χ4n) is 9.67. The van der Waals surface area contributed by atoms with Crippen molar-refractivity contribution in [2.24, 2.45) is 22.9 Å². The van der Waals surface area contributed by atoms with Crippen molar-refractivity contribution in [1.82, 2.24) is 4.90 Å². The monoisotopic (exact) mass is 831 g/mol. The van der Waals surface area contributed by atoms with Gasteiger partial charge < -0.3 is 38.9 Å². The summed E-state index contributed by atoms with van der Waals surface area (Å²) in [5.41, 5.74) is 3.13. The van der Waals surface area contributed by atoms with Crippen LogP contribution in [-0.2, 0) is 14.3 Å². The van der Waals surface area contributed by atoms with Crippen LogP contribution in [0.15, 0.2) is 71.9 Å². The van der Waals surface area contributed by atoms with Gasteiger partial charge in [0, 0.05) is 43.7 Å². The number of aliphatic hydroxyl groups excluding tert-OH is 2. The standard InChI is InChI=1S/C49H70N2O9/c1-5-7-8-9-10-11-12-13-14-19-30-57-48(55)51(3)45-34-43(50-56-4)41-32-37(22-15-17-27-52)40(24-16-18-28-53)46-42-33-39(59-38-23-20-21-36(31-38)35-54)25-26-44(42)60-49(45,47(41)46)58-29-6-2/h6,20-21,23,25-26,31-33,35,37,40,45-47,52-53H,2,5,7-19,22,24,27-30,34H2,1,3-4H3. The van der Waals surface area contributed by atoms with Crippen LogP contribution in [0.1, 0.15) is 138 Å². The Morgan fingerprint density at radius 3 is 2.32 bits per heavy atom. The van der Waals surface area contributed by atoms with E-state index in [1.54, 1.807) is 36.2 Å². The van der Waals surface area contributed by atoms with Gasteiger partial charge in [-0.25, -0.2) is 4.79 Å². The van der Waals surface area contributed by atoms with E-state index in [9.17, 15) is 19.8 Å². The quantitative estimate of drug-likeness (QED) is 0.0390. The Hall–Kier alpha value is -4.19. The van der Waals surface area contributed by atoms with E-state index in [1.807, 2.05) is 24.3 Å². The van der Waals surface area contributed by atoms with Crippen molar-refractivity contribution >= 4 is 18.1 Å². The molecule has 1 heterocycles. The first-order valence-electron chi connectivity index (χ1n) is 22.6. The van der Waals surface area contributed by atoms with Gasteiger partial charge in [-0.15, -0.1) is 6.58 Å². The smallest absolute Gasteiger partial charge is 0.409 e. The van der Waals surface area contributed by atoms with Crippen LogP contribution in [0.3, 0.4) is 0 Å². The third kappa shape index (κ3) is 11.8. The van der Waals surface area contributed by atoms with Gasteiger partial charge in [0.1, 0.15) is 36.7 Å². The van der Waals surface area contributed by atoms with E-state index >= 15 is 0 Å². The number of aldehydes is 1. The topological polar surface area (TPSA) is 136 Å². The highest BCUT2D eigenvalue weighted by atomic mass is 16.7. The van der Waals surface area contributed by atoms with E-state index in [1.165, 1.54) is 52.1 Å². The molecule has 60 heavy (non-hydrogen) atoms. The van der Waals surface area contributed by atoms with Crippen molar-refractivity contribution in [3.05, 3.63) is 77.9 Å². The summed E-state index contributed by atoms with van der Waals surface area (Å²) in [4.78, 5) is 32.8. The van der Waals surface area contributed by atoms with Gasteiger partial charge in [0.25, 0.3) is 0 Å². The fraction of sp³-hybridized carbons (Fsp3) is 0.612. The maximum absolute atomic E-state index is 14.1. The molecular formula is C49H70N2O9. The number of amides is 1. The minimum Gasteiger partial charge on any atom is -0.459 e. The number of aliphatic hydroxyl groups is 2. The summed E-state index contributed by atoms with van der Waals surface area (Å²) >= 11 is 0. The summed E-state index contributed by atoms with van der Waals surface area (Å²) < 4.78 is 26.5. The molecule has 1 amide bonds. The number of oxime groups is 1. The molecule has 2 aromatic carbocycles. The third-order valence-electron chi connectivity index (χ3n) is 12.6. The summed E-state index contributed by atoms with van der Waals surface area (Å²) in [6.45, 7) is 6.95. The number of benzene rings is 2. The Kier molecular flexibility index (Phi) is 19.0. The van der Waals surface area contributed by atoms with Crippen LogP contribution in [0.25, 0.3) is 0 Å². The van der Waals surface area contributed by atoms with E-state index < -0.39 is 23.8 Å². The second-order valence-electron chi connectivity index (χ2n) is 16.7. The fourth-order valence-corrected chi connectivity index (χ4v) is 9.67. The molecule has 2 N–H and O–H groups in total. The number of hydrogen-bond acceptors (Lipinski definition) is 10. The largest absolute Gasteiger partial charge is 0.459 e. The maximum atomic E-state index is 14.1. The number of ether oxygens (including phenoxy) is 4. The molecule has 0 radical (unpaired) electrons. The molecule has 1 aliphatic heterocycles. The molecule has 3 aliphatic rings.